The Labute approximate surface area is 163 Å². The predicted molar refractivity (Wildman–Crippen MR) is 107 cm³/mol. The second kappa shape index (κ2) is 6.95. The SMILES string of the molecule is CCn1cc([C@@H]2C(C(=O)Nc3ccccc3C)=C(C)Nc3ncnn32)c(C)n1. The highest BCUT2D eigenvalue weighted by atomic mass is 16.1. The molecule has 2 aromatic heterocycles. The summed E-state index contributed by atoms with van der Waals surface area (Å²) in [6, 6.07) is 7.33. The van der Waals surface area contributed by atoms with Gasteiger partial charge in [-0.05, 0) is 39.3 Å². The van der Waals surface area contributed by atoms with Crippen LogP contribution in [0.3, 0.4) is 0 Å². The van der Waals surface area contributed by atoms with Gasteiger partial charge in [-0.15, -0.1) is 0 Å². The lowest BCUT2D eigenvalue weighted by Crippen LogP contribution is -2.31. The number of benzene rings is 1. The van der Waals surface area contributed by atoms with E-state index in [1.165, 1.54) is 6.33 Å². The summed E-state index contributed by atoms with van der Waals surface area (Å²) in [4.78, 5) is 17.6. The molecule has 1 aromatic carbocycles. The van der Waals surface area contributed by atoms with Crippen LogP contribution in [-0.4, -0.2) is 30.5 Å². The zero-order chi connectivity index (χ0) is 19.8. The Bertz CT molecular complexity index is 1080. The van der Waals surface area contributed by atoms with Crippen LogP contribution in [0.4, 0.5) is 11.6 Å². The number of hydrogen-bond acceptors (Lipinski definition) is 5. The van der Waals surface area contributed by atoms with Gasteiger partial charge < -0.3 is 10.6 Å². The maximum Gasteiger partial charge on any atom is 0.255 e. The molecule has 0 fully saturated rings. The highest BCUT2D eigenvalue weighted by Gasteiger charge is 2.35. The van der Waals surface area contributed by atoms with Gasteiger partial charge in [0.1, 0.15) is 12.4 Å². The second-order valence-electron chi connectivity index (χ2n) is 6.89. The van der Waals surface area contributed by atoms with E-state index in [9.17, 15) is 4.79 Å². The molecule has 0 unspecified atom stereocenters. The molecule has 2 N–H and O–H groups in total. The van der Waals surface area contributed by atoms with Crippen LogP contribution in [0, 0.1) is 13.8 Å². The van der Waals surface area contributed by atoms with Crippen molar-refractivity contribution in [3.8, 4) is 0 Å². The number of carbonyl (C=O) groups excluding carboxylic acids is 1. The van der Waals surface area contributed by atoms with Gasteiger partial charge in [0, 0.05) is 29.7 Å². The fourth-order valence-corrected chi connectivity index (χ4v) is 3.54. The van der Waals surface area contributed by atoms with Crippen molar-refractivity contribution >= 4 is 17.5 Å². The Morgan fingerprint density at radius 2 is 2.04 bits per heavy atom. The molecule has 8 nitrogen and oxygen atoms in total. The van der Waals surface area contributed by atoms with E-state index < -0.39 is 6.04 Å². The lowest BCUT2D eigenvalue weighted by atomic mass is 9.95. The molecule has 3 aromatic rings. The minimum atomic E-state index is -0.400. The van der Waals surface area contributed by atoms with E-state index in [2.05, 4.69) is 25.8 Å². The maximum atomic E-state index is 13.3. The summed E-state index contributed by atoms with van der Waals surface area (Å²) in [5.41, 5.74) is 4.94. The second-order valence-corrected chi connectivity index (χ2v) is 6.89. The van der Waals surface area contributed by atoms with Crippen molar-refractivity contribution in [1.82, 2.24) is 24.5 Å². The number of para-hydroxylation sites is 1. The van der Waals surface area contributed by atoms with Gasteiger partial charge in [0.25, 0.3) is 5.91 Å². The molecule has 4 rings (SSSR count). The monoisotopic (exact) mass is 377 g/mol. The summed E-state index contributed by atoms with van der Waals surface area (Å²) in [5, 5.41) is 15.2. The van der Waals surface area contributed by atoms with Gasteiger partial charge in [0.05, 0.1) is 11.3 Å². The third kappa shape index (κ3) is 2.96. The Morgan fingerprint density at radius 1 is 1.25 bits per heavy atom. The fraction of sp³-hybridized carbons (Fsp3) is 0.300. The topological polar surface area (TPSA) is 89.7 Å². The van der Waals surface area contributed by atoms with Crippen LogP contribution in [-0.2, 0) is 11.3 Å². The van der Waals surface area contributed by atoms with E-state index in [4.69, 9.17) is 0 Å². The third-order valence-corrected chi connectivity index (χ3v) is 5.04. The number of nitrogens with zero attached hydrogens (tertiary/aromatic N) is 5. The summed E-state index contributed by atoms with van der Waals surface area (Å²) in [6.07, 6.45) is 3.47. The van der Waals surface area contributed by atoms with Crippen LogP contribution in [0.5, 0.6) is 0 Å². The van der Waals surface area contributed by atoms with E-state index in [0.717, 1.165) is 34.8 Å². The Kier molecular flexibility index (Phi) is 4.46. The summed E-state index contributed by atoms with van der Waals surface area (Å²) in [7, 11) is 0. The normalized spacial score (nSPS) is 15.9. The molecular weight excluding hydrogens is 354 g/mol. The van der Waals surface area contributed by atoms with Crippen molar-refractivity contribution in [3.63, 3.8) is 0 Å². The zero-order valence-electron chi connectivity index (χ0n) is 16.4. The first-order valence-electron chi connectivity index (χ1n) is 9.27. The molecular formula is C20H23N7O. The number of carbonyl (C=O) groups is 1. The summed E-state index contributed by atoms with van der Waals surface area (Å²) >= 11 is 0. The highest BCUT2D eigenvalue weighted by Crippen LogP contribution is 2.36. The molecule has 0 saturated carbocycles. The number of rotatable bonds is 4. The Morgan fingerprint density at radius 3 is 2.75 bits per heavy atom. The molecule has 3 heterocycles. The number of amides is 1. The smallest absolute Gasteiger partial charge is 0.255 e. The third-order valence-electron chi connectivity index (χ3n) is 5.04. The molecule has 28 heavy (non-hydrogen) atoms. The van der Waals surface area contributed by atoms with E-state index in [-0.39, 0.29) is 5.91 Å². The minimum absolute atomic E-state index is 0.172. The average Bonchev–Trinajstić information content (AvgIpc) is 3.28. The molecule has 8 heteroatoms. The molecule has 0 saturated heterocycles. The van der Waals surface area contributed by atoms with Crippen LogP contribution >= 0.6 is 0 Å². The fourth-order valence-electron chi connectivity index (χ4n) is 3.54. The number of fused-ring (bicyclic) bond motifs is 1. The van der Waals surface area contributed by atoms with Crippen molar-refractivity contribution in [2.24, 2.45) is 0 Å². The van der Waals surface area contributed by atoms with Crippen molar-refractivity contribution in [1.29, 1.82) is 0 Å². The highest BCUT2D eigenvalue weighted by molar-refractivity contribution is 6.06. The number of anilines is 2. The predicted octanol–water partition coefficient (Wildman–Crippen LogP) is 3.04. The number of nitrogens with one attached hydrogen (secondary N) is 2. The van der Waals surface area contributed by atoms with Crippen LogP contribution in [0.15, 0.2) is 48.1 Å². The van der Waals surface area contributed by atoms with Crippen molar-refractivity contribution < 1.29 is 4.79 Å². The van der Waals surface area contributed by atoms with E-state index in [1.807, 2.05) is 62.8 Å². The summed E-state index contributed by atoms with van der Waals surface area (Å²) in [6.45, 7) is 8.60. The summed E-state index contributed by atoms with van der Waals surface area (Å²) < 4.78 is 3.61. The van der Waals surface area contributed by atoms with Gasteiger partial charge in [0.2, 0.25) is 5.95 Å². The molecule has 0 radical (unpaired) electrons. The van der Waals surface area contributed by atoms with Crippen LogP contribution in [0.25, 0.3) is 0 Å². The zero-order valence-corrected chi connectivity index (χ0v) is 16.4. The molecule has 1 atom stereocenters. The van der Waals surface area contributed by atoms with Gasteiger partial charge in [-0.25, -0.2) is 4.68 Å². The Hall–Kier alpha value is -3.42. The minimum Gasteiger partial charge on any atom is -0.328 e. The first-order valence-corrected chi connectivity index (χ1v) is 9.27. The van der Waals surface area contributed by atoms with Crippen LogP contribution < -0.4 is 10.6 Å². The van der Waals surface area contributed by atoms with Gasteiger partial charge >= 0.3 is 0 Å². The van der Waals surface area contributed by atoms with Gasteiger partial charge in [-0.2, -0.15) is 15.2 Å². The number of aryl methyl sites for hydroxylation is 3. The number of hydrogen-bond donors (Lipinski definition) is 2. The van der Waals surface area contributed by atoms with Crippen LogP contribution in [0.1, 0.15) is 36.7 Å². The van der Waals surface area contributed by atoms with Crippen LogP contribution in [0.2, 0.25) is 0 Å². The maximum absolute atomic E-state index is 13.3. The van der Waals surface area contributed by atoms with Gasteiger partial charge in [0.15, 0.2) is 0 Å². The van der Waals surface area contributed by atoms with Crippen molar-refractivity contribution in [3.05, 3.63) is 64.9 Å². The molecule has 0 aliphatic carbocycles. The Balaban J connectivity index is 1.80. The van der Waals surface area contributed by atoms with Gasteiger partial charge in [-0.1, -0.05) is 18.2 Å². The quantitative estimate of drug-likeness (QED) is 0.729. The number of aromatic nitrogens is 5. The largest absolute Gasteiger partial charge is 0.328 e. The molecule has 0 spiro atoms. The first-order chi connectivity index (χ1) is 13.5. The first kappa shape index (κ1) is 18.0. The van der Waals surface area contributed by atoms with E-state index in [1.54, 1.807) is 4.68 Å². The van der Waals surface area contributed by atoms with Crippen molar-refractivity contribution in [2.45, 2.75) is 40.3 Å². The molecule has 144 valence electrons. The standard InChI is InChI=1S/C20H23N7O/c1-5-26-10-15(13(3)25-26)18-17(14(4)23-20-21-11-22-27(18)20)19(28)24-16-9-7-6-8-12(16)2/h6-11,18H,5H2,1-4H3,(H,24,28)(H,21,22,23)/t18-/m1/s1. The number of allylic oxidation sites excluding steroid dienone is 1. The molecule has 1 aliphatic heterocycles. The van der Waals surface area contributed by atoms with Crippen molar-refractivity contribution in [2.75, 3.05) is 10.6 Å². The molecule has 0 bridgehead atoms. The summed E-state index contributed by atoms with van der Waals surface area (Å²) in [5.74, 6) is 0.438. The van der Waals surface area contributed by atoms with Gasteiger partial charge in [-0.3, -0.25) is 9.48 Å². The average molecular weight is 377 g/mol. The molecule has 1 amide bonds. The van der Waals surface area contributed by atoms with E-state index in [0.29, 0.717) is 11.5 Å². The van der Waals surface area contributed by atoms with E-state index >= 15 is 0 Å². The lowest BCUT2D eigenvalue weighted by Gasteiger charge is -2.28. The molecule has 1 aliphatic rings. The lowest BCUT2D eigenvalue weighted by molar-refractivity contribution is -0.113.